The maximum atomic E-state index is 12.1. The topological polar surface area (TPSA) is 53.9 Å². The van der Waals surface area contributed by atoms with Gasteiger partial charge in [-0.3, -0.25) is 4.79 Å². The Labute approximate surface area is 200 Å². The second-order valence-corrected chi connectivity index (χ2v) is 9.36. The highest BCUT2D eigenvalue weighted by atomic mass is 35.5. The molecule has 32 heavy (non-hydrogen) atoms. The van der Waals surface area contributed by atoms with E-state index in [-0.39, 0.29) is 18.1 Å². The number of halogens is 2. The minimum absolute atomic E-state index is 0.0316. The molecule has 3 rings (SSSR count). The first kappa shape index (κ1) is 24.1. The van der Waals surface area contributed by atoms with Crippen molar-refractivity contribution in [3.63, 3.8) is 0 Å². The Morgan fingerprint density at radius 1 is 1.22 bits per heavy atom. The van der Waals surface area contributed by atoms with Crippen molar-refractivity contribution < 1.29 is 9.53 Å². The van der Waals surface area contributed by atoms with E-state index in [0.717, 1.165) is 24.1 Å². The molecule has 2 aromatic carbocycles. The molecular weight excluding hydrogens is 445 g/mol. The van der Waals surface area contributed by atoms with E-state index in [0.29, 0.717) is 15.8 Å². The van der Waals surface area contributed by atoms with Crippen molar-refractivity contribution in [2.75, 3.05) is 18.1 Å². The lowest BCUT2D eigenvalue weighted by atomic mass is 9.87. The van der Waals surface area contributed by atoms with Crippen LogP contribution in [-0.4, -0.2) is 30.8 Å². The van der Waals surface area contributed by atoms with Crippen LogP contribution in [-0.2, 0) is 4.79 Å². The lowest BCUT2D eigenvalue weighted by molar-refractivity contribution is -0.123. The lowest BCUT2D eigenvalue weighted by Gasteiger charge is -2.43. The SMILES string of the molecule is CCCN1c2cc(C)c(/C=N/NC(=O)COc3ccc(Cl)cc3Cl)cc2C(C)=CC1(C)C. The molecule has 1 N–H and O–H groups in total. The van der Waals surface area contributed by atoms with Crippen LogP contribution in [0.1, 0.15) is 50.8 Å². The van der Waals surface area contributed by atoms with Crippen molar-refractivity contribution in [3.8, 4) is 5.75 Å². The number of fused-ring (bicyclic) bond motifs is 1. The van der Waals surface area contributed by atoms with E-state index in [1.807, 2.05) is 0 Å². The Morgan fingerprint density at radius 3 is 2.66 bits per heavy atom. The Bertz CT molecular complexity index is 1080. The number of nitrogens with one attached hydrogen (secondary N) is 1. The second-order valence-electron chi connectivity index (χ2n) is 8.52. The number of hydrazone groups is 1. The molecule has 7 heteroatoms. The molecule has 1 amide bonds. The van der Waals surface area contributed by atoms with Crippen LogP contribution in [0.4, 0.5) is 5.69 Å². The zero-order valence-corrected chi connectivity index (χ0v) is 20.6. The fourth-order valence-corrected chi connectivity index (χ4v) is 4.42. The van der Waals surface area contributed by atoms with Gasteiger partial charge in [-0.25, -0.2) is 5.43 Å². The third-order valence-corrected chi connectivity index (χ3v) is 5.99. The monoisotopic (exact) mass is 473 g/mol. The van der Waals surface area contributed by atoms with Crippen LogP contribution in [0, 0.1) is 6.92 Å². The van der Waals surface area contributed by atoms with Gasteiger partial charge in [0.1, 0.15) is 5.75 Å². The number of hydrogen-bond donors (Lipinski definition) is 1. The van der Waals surface area contributed by atoms with Gasteiger partial charge in [0.2, 0.25) is 0 Å². The first-order valence-corrected chi connectivity index (χ1v) is 11.4. The Hall–Kier alpha value is -2.50. The van der Waals surface area contributed by atoms with Crippen LogP contribution in [0.3, 0.4) is 0 Å². The summed E-state index contributed by atoms with van der Waals surface area (Å²) >= 11 is 11.9. The van der Waals surface area contributed by atoms with E-state index >= 15 is 0 Å². The molecule has 0 spiro atoms. The van der Waals surface area contributed by atoms with Crippen LogP contribution in [0.2, 0.25) is 10.0 Å². The van der Waals surface area contributed by atoms with Gasteiger partial charge in [0.05, 0.1) is 16.8 Å². The van der Waals surface area contributed by atoms with Gasteiger partial charge >= 0.3 is 0 Å². The van der Waals surface area contributed by atoms with Crippen LogP contribution >= 0.6 is 23.2 Å². The number of allylic oxidation sites excluding steroid dienone is 1. The van der Waals surface area contributed by atoms with Gasteiger partial charge in [0.15, 0.2) is 6.61 Å². The van der Waals surface area contributed by atoms with Crippen molar-refractivity contribution in [2.24, 2.45) is 5.10 Å². The first-order valence-electron chi connectivity index (χ1n) is 10.6. The summed E-state index contributed by atoms with van der Waals surface area (Å²) in [5.74, 6) is 0.0115. The van der Waals surface area contributed by atoms with Crippen molar-refractivity contribution in [3.05, 3.63) is 63.1 Å². The van der Waals surface area contributed by atoms with Crippen LogP contribution in [0.15, 0.2) is 41.5 Å². The van der Waals surface area contributed by atoms with Crippen molar-refractivity contribution >= 4 is 46.6 Å². The quantitative estimate of drug-likeness (QED) is 0.382. The molecule has 0 fully saturated rings. The van der Waals surface area contributed by atoms with Gasteiger partial charge in [0, 0.05) is 22.8 Å². The van der Waals surface area contributed by atoms with Crippen molar-refractivity contribution in [2.45, 2.75) is 46.6 Å². The van der Waals surface area contributed by atoms with E-state index in [1.165, 1.54) is 16.8 Å². The largest absolute Gasteiger partial charge is 0.482 e. The summed E-state index contributed by atoms with van der Waals surface area (Å²) in [6.07, 6.45) is 5.05. The maximum Gasteiger partial charge on any atom is 0.277 e. The van der Waals surface area contributed by atoms with Crippen molar-refractivity contribution in [1.82, 2.24) is 5.43 Å². The fraction of sp³-hybridized carbons (Fsp3) is 0.360. The molecule has 0 aliphatic carbocycles. The predicted molar refractivity (Wildman–Crippen MR) is 134 cm³/mol. The second kappa shape index (κ2) is 9.97. The van der Waals surface area contributed by atoms with E-state index in [9.17, 15) is 4.79 Å². The molecule has 0 radical (unpaired) electrons. The Balaban J connectivity index is 1.70. The molecule has 0 atom stereocenters. The zero-order valence-electron chi connectivity index (χ0n) is 19.1. The summed E-state index contributed by atoms with van der Waals surface area (Å²) in [6, 6.07) is 9.17. The number of nitrogens with zero attached hydrogens (tertiary/aromatic N) is 2. The smallest absolute Gasteiger partial charge is 0.277 e. The number of amides is 1. The summed E-state index contributed by atoms with van der Waals surface area (Å²) in [6.45, 7) is 11.7. The minimum atomic E-state index is -0.380. The average molecular weight is 474 g/mol. The summed E-state index contributed by atoms with van der Waals surface area (Å²) in [5, 5.41) is 4.97. The highest BCUT2D eigenvalue weighted by Crippen LogP contribution is 2.40. The van der Waals surface area contributed by atoms with Crippen LogP contribution in [0.25, 0.3) is 5.57 Å². The van der Waals surface area contributed by atoms with Gasteiger partial charge in [-0.05, 0) is 81.1 Å². The van der Waals surface area contributed by atoms with Gasteiger partial charge in [-0.1, -0.05) is 36.2 Å². The number of benzene rings is 2. The van der Waals surface area contributed by atoms with E-state index in [2.05, 4.69) is 68.3 Å². The maximum absolute atomic E-state index is 12.1. The van der Waals surface area contributed by atoms with E-state index in [4.69, 9.17) is 27.9 Å². The van der Waals surface area contributed by atoms with Gasteiger partial charge < -0.3 is 9.64 Å². The summed E-state index contributed by atoms with van der Waals surface area (Å²) in [4.78, 5) is 14.6. The molecule has 5 nitrogen and oxygen atoms in total. The normalized spacial score (nSPS) is 14.8. The molecule has 1 heterocycles. The molecule has 0 bridgehead atoms. The summed E-state index contributed by atoms with van der Waals surface area (Å²) in [7, 11) is 0. The van der Waals surface area contributed by atoms with E-state index < -0.39 is 0 Å². The zero-order chi connectivity index (χ0) is 23.5. The Kier molecular flexibility index (Phi) is 7.52. The third kappa shape index (κ3) is 5.45. The number of carbonyl (C=O) groups excluding carboxylic acids is 1. The molecule has 1 aliphatic rings. The fourth-order valence-electron chi connectivity index (χ4n) is 3.96. The Morgan fingerprint density at radius 2 is 1.97 bits per heavy atom. The molecular formula is C25H29Cl2N3O2. The molecule has 0 aromatic heterocycles. The summed E-state index contributed by atoms with van der Waals surface area (Å²) < 4.78 is 5.43. The highest BCUT2D eigenvalue weighted by Gasteiger charge is 2.31. The third-order valence-electron chi connectivity index (χ3n) is 5.46. The molecule has 0 saturated carbocycles. The van der Waals surface area contributed by atoms with Gasteiger partial charge in [-0.15, -0.1) is 0 Å². The van der Waals surface area contributed by atoms with Crippen LogP contribution in [0.5, 0.6) is 5.75 Å². The molecule has 1 aliphatic heterocycles. The highest BCUT2D eigenvalue weighted by molar-refractivity contribution is 6.35. The number of rotatable bonds is 7. The molecule has 170 valence electrons. The standard InChI is InChI=1S/C25H29Cl2N3O2/c1-6-9-30-22-10-16(2)18(11-20(22)17(3)13-25(30,4)5)14-28-29-24(31)15-32-23-8-7-19(26)12-21(23)27/h7-8,10-14H,6,9,15H2,1-5H3,(H,29,31)/b28-14+. The molecule has 0 saturated heterocycles. The number of aryl methyl sites for hydroxylation is 1. The van der Waals surface area contributed by atoms with Gasteiger partial charge in [0.25, 0.3) is 5.91 Å². The minimum Gasteiger partial charge on any atom is -0.482 e. The van der Waals surface area contributed by atoms with Gasteiger partial charge in [-0.2, -0.15) is 5.10 Å². The van der Waals surface area contributed by atoms with Crippen LogP contribution < -0.4 is 15.1 Å². The lowest BCUT2D eigenvalue weighted by Crippen LogP contribution is -2.45. The number of ether oxygens (including phenoxy) is 1. The van der Waals surface area contributed by atoms with E-state index in [1.54, 1.807) is 24.4 Å². The number of anilines is 1. The number of hydrogen-bond acceptors (Lipinski definition) is 4. The molecule has 2 aromatic rings. The number of carbonyl (C=O) groups is 1. The first-order chi connectivity index (χ1) is 15.1. The average Bonchev–Trinajstić information content (AvgIpc) is 2.71. The predicted octanol–water partition coefficient (Wildman–Crippen LogP) is 6.24. The summed E-state index contributed by atoms with van der Waals surface area (Å²) in [5.41, 5.74) is 8.19. The van der Waals surface area contributed by atoms with Crippen molar-refractivity contribution in [1.29, 1.82) is 0 Å². The molecule has 0 unspecified atom stereocenters.